The van der Waals surface area contributed by atoms with Crippen LogP contribution in [0.25, 0.3) is 0 Å². The minimum Gasteiger partial charge on any atom is -0.378 e. The van der Waals surface area contributed by atoms with Crippen LogP contribution < -0.4 is 20.4 Å². The number of benzodiazepines with no additional fused rings is 1. The van der Waals surface area contributed by atoms with Gasteiger partial charge in [0.25, 0.3) is 5.91 Å². The summed E-state index contributed by atoms with van der Waals surface area (Å²) in [7, 11) is 3.88. The van der Waals surface area contributed by atoms with E-state index in [1.165, 1.54) is 4.90 Å². The number of para-hydroxylation sites is 1. The highest BCUT2D eigenvalue weighted by molar-refractivity contribution is 6.21. The van der Waals surface area contributed by atoms with E-state index in [2.05, 4.69) is 10.6 Å². The Morgan fingerprint density at radius 2 is 1.59 bits per heavy atom. The Kier molecular flexibility index (Phi) is 7.72. The van der Waals surface area contributed by atoms with E-state index in [0.717, 1.165) is 42.5 Å². The van der Waals surface area contributed by atoms with Gasteiger partial charge in [0.1, 0.15) is 0 Å². The van der Waals surface area contributed by atoms with Gasteiger partial charge < -0.3 is 20.4 Å². The average Bonchev–Trinajstić information content (AvgIpc) is 3.47. The first kappa shape index (κ1) is 26.2. The number of carbonyl (C=O) groups is 3. The van der Waals surface area contributed by atoms with E-state index >= 15 is 0 Å². The van der Waals surface area contributed by atoms with Gasteiger partial charge in [0.2, 0.25) is 6.17 Å². The van der Waals surface area contributed by atoms with Gasteiger partial charge in [-0.05, 0) is 43.2 Å². The van der Waals surface area contributed by atoms with Crippen molar-refractivity contribution in [1.82, 2.24) is 5.32 Å². The summed E-state index contributed by atoms with van der Waals surface area (Å²) in [4.78, 5) is 48.5. The fourth-order valence-corrected chi connectivity index (χ4v) is 5.18. The van der Waals surface area contributed by atoms with Crippen LogP contribution >= 0.6 is 0 Å². The summed E-state index contributed by atoms with van der Waals surface area (Å²) in [5.74, 6) is -0.441. The van der Waals surface area contributed by atoms with Gasteiger partial charge in [-0.2, -0.15) is 0 Å². The van der Waals surface area contributed by atoms with Crippen LogP contribution in [0.4, 0.5) is 21.9 Å². The number of anilines is 3. The third-order valence-corrected chi connectivity index (χ3v) is 7.29. The molecule has 0 radical (unpaired) electrons. The SMILES string of the molecule is CN(C)c1ccc(NC(=O)N[C@@H]2N=C(c3ccccc3)c3ccccc3N(CC(=O)C3CCCC3)C2=O)cc1. The van der Waals surface area contributed by atoms with Crippen molar-refractivity contribution in [3.63, 3.8) is 0 Å². The normalized spacial score (nSPS) is 17.2. The van der Waals surface area contributed by atoms with Crippen molar-refractivity contribution in [2.75, 3.05) is 35.8 Å². The molecule has 2 N–H and O–H groups in total. The van der Waals surface area contributed by atoms with Crippen molar-refractivity contribution in [3.8, 4) is 0 Å². The van der Waals surface area contributed by atoms with Crippen LogP contribution in [-0.2, 0) is 9.59 Å². The molecule has 8 heteroatoms. The molecular formula is C31H33N5O3. The topological polar surface area (TPSA) is 94.1 Å². The van der Waals surface area contributed by atoms with Crippen molar-refractivity contribution < 1.29 is 14.4 Å². The van der Waals surface area contributed by atoms with Crippen LogP contribution in [0.1, 0.15) is 36.8 Å². The molecule has 200 valence electrons. The molecule has 1 aliphatic heterocycles. The molecule has 5 rings (SSSR count). The molecule has 2 aliphatic rings. The fraction of sp³-hybridized carbons (Fsp3) is 0.290. The van der Waals surface area contributed by atoms with Crippen molar-refractivity contribution in [3.05, 3.63) is 90.0 Å². The Balaban J connectivity index is 1.47. The van der Waals surface area contributed by atoms with Gasteiger partial charge in [-0.3, -0.25) is 9.59 Å². The van der Waals surface area contributed by atoms with Gasteiger partial charge in [0.05, 0.1) is 17.9 Å². The van der Waals surface area contributed by atoms with Crippen LogP contribution in [0.15, 0.2) is 83.9 Å². The predicted octanol–water partition coefficient (Wildman–Crippen LogP) is 4.84. The molecular weight excluding hydrogens is 490 g/mol. The lowest BCUT2D eigenvalue weighted by Gasteiger charge is -2.26. The largest absolute Gasteiger partial charge is 0.378 e. The van der Waals surface area contributed by atoms with E-state index in [-0.39, 0.29) is 18.2 Å². The number of nitrogens with zero attached hydrogens (tertiary/aromatic N) is 3. The molecule has 3 aromatic carbocycles. The molecule has 3 aromatic rings. The van der Waals surface area contributed by atoms with E-state index in [0.29, 0.717) is 17.1 Å². The summed E-state index contributed by atoms with van der Waals surface area (Å²) < 4.78 is 0. The Morgan fingerprint density at radius 1 is 0.923 bits per heavy atom. The van der Waals surface area contributed by atoms with Crippen LogP contribution in [0, 0.1) is 5.92 Å². The number of fused-ring (bicyclic) bond motifs is 1. The zero-order chi connectivity index (χ0) is 27.4. The third-order valence-electron chi connectivity index (χ3n) is 7.29. The lowest BCUT2D eigenvalue weighted by Crippen LogP contribution is -2.50. The molecule has 1 aliphatic carbocycles. The number of ketones is 1. The lowest BCUT2D eigenvalue weighted by molar-refractivity contribution is -0.125. The summed E-state index contributed by atoms with van der Waals surface area (Å²) in [6.07, 6.45) is 2.55. The minimum atomic E-state index is -1.22. The summed E-state index contributed by atoms with van der Waals surface area (Å²) >= 11 is 0. The maximum atomic E-state index is 14.0. The highest BCUT2D eigenvalue weighted by Crippen LogP contribution is 2.31. The maximum absolute atomic E-state index is 14.0. The van der Waals surface area contributed by atoms with Gasteiger partial charge in [0, 0.05) is 42.5 Å². The number of carbonyl (C=O) groups excluding carboxylic acids is 3. The van der Waals surface area contributed by atoms with Gasteiger partial charge in [-0.1, -0.05) is 61.4 Å². The van der Waals surface area contributed by atoms with Crippen molar-refractivity contribution in [2.24, 2.45) is 10.9 Å². The summed E-state index contributed by atoms with van der Waals surface area (Å²) in [6, 6.07) is 23.8. The van der Waals surface area contributed by atoms with E-state index in [9.17, 15) is 14.4 Å². The number of Topliss-reactive ketones (excluding diaryl/α,β-unsaturated/α-hetero) is 1. The predicted molar refractivity (Wildman–Crippen MR) is 155 cm³/mol. The second-order valence-corrected chi connectivity index (χ2v) is 10.2. The molecule has 1 saturated carbocycles. The number of hydrogen-bond acceptors (Lipinski definition) is 5. The summed E-state index contributed by atoms with van der Waals surface area (Å²) in [6.45, 7) is -0.0517. The molecule has 1 heterocycles. The Labute approximate surface area is 228 Å². The van der Waals surface area contributed by atoms with Gasteiger partial charge >= 0.3 is 6.03 Å². The Bertz CT molecular complexity index is 1380. The van der Waals surface area contributed by atoms with Crippen molar-refractivity contribution in [2.45, 2.75) is 31.8 Å². The van der Waals surface area contributed by atoms with Crippen LogP contribution in [0.2, 0.25) is 0 Å². The van der Waals surface area contributed by atoms with E-state index in [1.54, 1.807) is 12.1 Å². The second-order valence-electron chi connectivity index (χ2n) is 10.2. The van der Waals surface area contributed by atoms with Crippen LogP contribution in [0.5, 0.6) is 0 Å². The van der Waals surface area contributed by atoms with Crippen LogP contribution in [-0.4, -0.2) is 50.2 Å². The number of urea groups is 1. The van der Waals surface area contributed by atoms with E-state index < -0.39 is 18.1 Å². The standard InChI is InChI=1S/C31H33N5O3/c1-35(2)24-18-16-23(17-19-24)32-31(39)34-29-30(38)36(20-27(37)21-10-6-7-11-21)26-15-9-8-14-25(26)28(33-29)22-12-4-3-5-13-22/h3-5,8-9,12-19,21,29H,6-7,10-11,20H2,1-2H3,(H2,32,34,39)/t29-/m0/s1. The average molecular weight is 524 g/mol. The first-order valence-electron chi connectivity index (χ1n) is 13.3. The molecule has 0 aromatic heterocycles. The number of hydrogen-bond donors (Lipinski definition) is 2. The first-order valence-corrected chi connectivity index (χ1v) is 13.3. The zero-order valence-corrected chi connectivity index (χ0v) is 22.3. The first-order chi connectivity index (χ1) is 18.9. The quantitative estimate of drug-likeness (QED) is 0.463. The highest BCUT2D eigenvalue weighted by Gasteiger charge is 2.35. The molecule has 1 fully saturated rings. The lowest BCUT2D eigenvalue weighted by atomic mass is 9.99. The third kappa shape index (κ3) is 5.85. The Hall–Kier alpha value is -4.46. The van der Waals surface area contributed by atoms with Crippen LogP contribution in [0.3, 0.4) is 0 Å². The van der Waals surface area contributed by atoms with E-state index in [4.69, 9.17) is 4.99 Å². The molecule has 0 spiro atoms. The fourth-order valence-electron chi connectivity index (χ4n) is 5.18. The molecule has 39 heavy (non-hydrogen) atoms. The van der Waals surface area contributed by atoms with E-state index in [1.807, 2.05) is 85.7 Å². The summed E-state index contributed by atoms with van der Waals surface area (Å²) in [5.41, 5.74) is 4.32. The number of nitrogens with one attached hydrogen (secondary N) is 2. The molecule has 8 nitrogen and oxygen atoms in total. The second kappa shape index (κ2) is 11.5. The molecule has 0 bridgehead atoms. The maximum Gasteiger partial charge on any atom is 0.321 e. The molecule has 0 unspecified atom stereocenters. The molecule has 3 amide bonds. The van der Waals surface area contributed by atoms with Crippen molar-refractivity contribution in [1.29, 1.82) is 0 Å². The van der Waals surface area contributed by atoms with Gasteiger partial charge in [-0.25, -0.2) is 9.79 Å². The Morgan fingerprint density at radius 3 is 2.28 bits per heavy atom. The molecule has 1 atom stereocenters. The smallest absolute Gasteiger partial charge is 0.321 e. The zero-order valence-electron chi connectivity index (χ0n) is 22.3. The van der Waals surface area contributed by atoms with Crippen molar-refractivity contribution >= 4 is 40.5 Å². The number of rotatable bonds is 7. The van der Waals surface area contributed by atoms with Gasteiger partial charge in [-0.15, -0.1) is 0 Å². The number of aliphatic imine (C=N–C) groups is 1. The monoisotopic (exact) mass is 523 g/mol. The molecule has 0 saturated heterocycles. The number of benzene rings is 3. The highest BCUT2D eigenvalue weighted by atomic mass is 16.2. The van der Waals surface area contributed by atoms with Gasteiger partial charge in [0.15, 0.2) is 5.78 Å². The summed E-state index contributed by atoms with van der Waals surface area (Å²) in [5, 5.41) is 5.55. The number of amides is 3. The minimum absolute atomic E-state index is 0.0393.